The van der Waals surface area contributed by atoms with Crippen molar-refractivity contribution >= 4 is 11.6 Å². The summed E-state index contributed by atoms with van der Waals surface area (Å²) < 4.78 is 2.05. The van der Waals surface area contributed by atoms with E-state index in [9.17, 15) is 0 Å². The fourth-order valence-corrected chi connectivity index (χ4v) is 1.50. The lowest BCUT2D eigenvalue weighted by Gasteiger charge is -2.02. The van der Waals surface area contributed by atoms with Crippen LogP contribution < -0.4 is 0 Å². The van der Waals surface area contributed by atoms with Crippen LogP contribution in [0, 0.1) is 5.92 Å². The quantitative estimate of drug-likeness (QED) is 0.670. The van der Waals surface area contributed by atoms with E-state index >= 15 is 0 Å². The van der Waals surface area contributed by atoms with Crippen LogP contribution in [0.2, 0.25) is 0 Å². The van der Waals surface area contributed by atoms with Gasteiger partial charge in [-0.15, -0.1) is 21.8 Å². The number of alkyl halides is 1. The third-order valence-corrected chi connectivity index (χ3v) is 2.53. The van der Waals surface area contributed by atoms with Crippen molar-refractivity contribution in [2.75, 3.05) is 0 Å². The number of hydrogen-bond acceptors (Lipinski definition) is 2. The molecule has 1 fully saturated rings. The van der Waals surface area contributed by atoms with Crippen LogP contribution in [0.1, 0.15) is 25.1 Å². The summed E-state index contributed by atoms with van der Waals surface area (Å²) in [4.78, 5) is 0. The first-order valence-corrected chi connectivity index (χ1v) is 4.86. The smallest absolute Gasteiger partial charge is 0.147 e. The zero-order valence-corrected chi connectivity index (χ0v) is 7.67. The van der Waals surface area contributed by atoms with Crippen molar-refractivity contribution in [3.63, 3.8) is 0 Å². The van der Waals surface area contributed by atoms with Crippen LogP contribution in [0.15, 0.2) is 6.33 Å². The summed E-state index contributed by atoms with van der Waals surface area (Å²) >= 11 is 5.68. The molecule has 1 aromatic heterocycles. The van der Waals surface area contributed by atoms with E-state index < -0.39 is 0 Å². The van der Waals surface area contributed by atoms with Gasteiger partial charge in [0.15, 0.2) is 0 Å². The third kappa shape index (κ3) is 1.78. The fraction of sp³-hybridized carbons (Fsp3) is 0.750. The molecule has 3 nitrogen and oxygen atoms in total. The zero-order chi connectivity index (χ0) is 8.39. The minimum Gasteiger partial charge on any atom is -0.317 e. The Morgan fingerprint density at radius 1 is 1.58 bits per heavy atom. The van der Waals surface area contributed by atoms with Crippen LogP contribution in [0.4, 0.5) is 0 Å². The molecule has 2 rings (SSSR count). The number of hydrogen-bond donors (Lipinski definition) is 0. The van der Waals surface area contributed by atoms with Gasteiger partial charge >= 0.3 is 0 Å². The van der Waals surface area contributed by atoms with Crippen LogP contribution in [0.3, 0.4) is 0 Å². The van der Waals surface area contributed by atoms with Gasteiger partial charge in [-0.25, -0.2) is 0 Å². The molecule has 0 N–H and O–H groups in total. The highest BCUT2D eigenvalue weighted by Crippen LogP contribution is 2.32. The summed E-state index contributed by atoms with van der Waals surface area (Å²) in [6.45, 7) is 1.03. The second-order valence-electron chi connectivity index (χ2n) is 3.31. The van der Waals surface area contributed by atoms with Gasteiger partial charge in [0.1, 0.15) is 12.2 Å². The number of aryl methyl sites for hydroxylation is 1. The van der Waals surface area contributed by atoms with Gasteiger partial charge < -0.3 is 4.57 Å². The van der Waals surface area contributed by atoms with Gasteiger partial charge in [0, 0.05) is 6.54 Å². The van der Waals surface area contributed by atoms with Gasteiger partial charge in [0.25, 0.3) is 0 Å². The second kappa shape index (κ2) is 3.44. The molecular formula is C8H12ClN3. The monoisotopic (exact) mass is 185 g/mol. The molecule has 0 unspecified atom stereocenters. The molecule has 12 heavy (non-hydrogen) atoms. The normalized spacial score (nSPS) is 16.8. The van der Waals surface area contributed by atoms with E-state index in [1.54, 1.807) is 6.33 Å². The minimum atomic E-state index is 0.463. The second-order valence-corrected chi connectivity index (χ2v) is 3.57. The predicted octanol–water partition coefficient (Wildman–Crippen LogP) is 1.82. The highest BCUT2D eigenvalue weighted by molar-refractivity contribution is 6.16. The molecule has 0 aliphatic heterocycles. The average molecular weight is 186 g/mol. The molecule has 4 heteroatoms. The Bertz CT molecular complexity index is 255. The van der Waals surface area contributed by atoms with Crippen LogP contribution >= 0.6 is 11.6 Å². The van der Waals surface area contributed by atoms with Crippen molar-refractivity contribution in [2.45, 2.75) is 31.7 Å². The van der Waals surface area contributed by atoms with E-state index in [0.717, 1.165) is 18.3 Å². The molecule has 1 heterocycles. The molecule has 0 saturated heterocycles. The van der Waals surface area contributed by atoms with Gasteiger partial charge in [0.05, 0.1) is 5.88 Å². The van der Waals surface area contributed by atoms with Crippen molar-refractivity contribution in [1.82, 2.24) is 14.8 Å². The number of halogens is 1. The molecule has 0 amide bonds. The van der Waals surface area contributed by atoms with Crippen LogP contribution in [-0.2, 0) is 12.4 Å². The molecule has 0 atom stereocenters. The first-order chi connectivity index (χ1) is 5.90. The zero-order valence-electron chi connectivity index (χ0n) is 6.91. The number of nitrogens with zero attached hydrogens (tertiary/aromatic N) is 3. The molecule has 66 valence electrons. The van der Waals surface area contributed by atoms with Gasteiger partial charge in [-0.2, -0.15) is 0 Å². The van der Waals surface area contributed by atoms with E-state index in [1.165, 1.54) is 19.3 Å². The van der Waals surface area contributed by atoms with Crippen LogP contribution in [0.25, 0.3) is 0 Å². The van der Waals surface area contributed by atoms with Crippen molar-refractivity contribution < 1.29 is 0 Å². The lowest BCUT2D eigenvalue weighted by atomic mass is 10.3. The van der Waals surface area contributed by atoms with Crippen molar-refractivity contribution in [1.29, 1.82) is 0 Å². The predicted molar refractivity (Wildman–Crippen MR) is 46.9 cm³/mol. The Balaban J connectivity index is 1.91. The van der Waals surface area contributed by atoms with E-state index in [0.29, 0.717) is 5.88 Å². The molecule has 0 aromatic carbocycles. The summed E-state index contributed by atoms with van der Waals surface area (Å²) in [5.41, 5.74) is 0. The largest absolute Gasteiger partial charge is 0.317 e. The van der Waals surface area contributed by atoms with E-state index in [2.05, 4.69) is 10.2 Å². The molecular weight excluding hydrogens is 174 g/mol. The minimum absolute atomic E-state index is 0.463. The molecule has 1 saturated carbocycles. The summed E-state index contributed by atoms with van der Waals surface area (Å²) in [5.74, 6) is 2.30. The topological polar surface area (TPSA) is 30.7 Å². The molecule has 1 aliphatic rings. The lowest BCUT2D eigenvalue weighted by Crippen LogP contribution is -2.01. The molecule has 0 spiro atoms. The molecule has 0 bridgehead atoms. The summed E-state index contributed by atoms with van der Waals surface area (Å²) in [6, 6.07) is 0. The Morgan fingerprint density at radius 2 is 2.42 bits per heavy atom. The standard InChI is InChI=1S/C8H12ClN3/c9-5-8-11-10-6-12(8)4-3-7-1-2-7/h6-7H,1-5H2. The highest BCUT2D eigenvalue weighted by atomic mass is 35.5. The van der Waals surface area contributed by atoms with E-state index in [-0.39, 0.29) is 0 Å². The number of rotatable bonds is 4. The van der Waals surface area contributed by atoms with Gasteiger partial charge in [-0.3, -0.25) is 0 Å². The Labute approximate surface area is 76.7 Å². The van der Waals surface area contributed by atoms with Crippen LogP contribution in [-0.4, -0.2) is 14.8 Å². The van der Waals surface area contributed by atoms with E-state index in [4.69, 9.17) is 11.6 Å². The Kier molecular flexibility index (Phi) is 2.30. The Hall–Kier alpha value is -0.570. The summed E-state index contributed by atoms with van der Waals surface area (Å²) in [5, 5.41) is 7.73. The van der Waals surface area contributed by atoms with Gasteiger partial charge in [-0.05, 0) is 12.3 Å². The SMILES string of the molecule is ClCc1nncn1CCC1CC1. The van der Waals surface area contributed by atoms with Crippen molar-refractivity contribution in [2.24, 2.45) is 5.92 Å². The maximum Gasteiger partial charge on any atom is 0.147 e. The van der Waals surface area contributed by atoms with Gasteiger partial charge in [0.2, 0.25) is 0 Å². The first kappa shape index (κ1) is 8.05. The fourth-order valence-electron chi connectivity index (χ4n) is 1.30. The summed E-state index contributed by atoms with van der Waals surface area (Å²) in [6.07, 6.45) is 5.82. The van der Waals surface area contributed by atoms with Crippen LogP contribution in [0.5, 0.6) is 0 Å². The van der Waals surface area contributed by atoms with E-state index in [1.807, 2.05) is 4.57 Å². The highest BCUT2D eigenvalue weighted by Gasteiger charge is 2.20. The van der Waals surface area contributed by atoms with Crippen molar-refractivity contribution in [3.8, 4) is 0 Å². The molecule has 1 aromatic rings. The molecule has 1 aliphatic carbocycles. The van der Waals surface area contributed by atoms with Gasteiger partial charge in [-0.1, -0.05) is 12.8 Å². The number of aromatic nitrogens is 3. The maximum absolute atomic E-state index is 5.68. The third-order valence-electron chi connectivity index (χ3n) is 2.29. The maximum atomic E-state index is 5.68. The average Bonchev–Trinajstić information content (AvgIpc) is 2.81. The first-order valence-electron chi connectivity index (χ1n) is 4.33. The summed E-state index contributed by atoms with van der Waals surface area (Å²) in [7, 11) is 0. The molecule has 0 radical (unpaired) electrons. The van der Waals surface area contributed by atoms with Crippen molar-refractivity contribution in [3.05, 3.63) is 12.2 Å². The lowest BCUT2D eigenvalue weighted by molar-refractivity contribution is 0.582. The Morgan fingerprint density at radius 3 is 3.08 bits per heavy atom.